The summed E-state index contributed by atoms with van der Waals surface area (Å²) in [6.07, 6.45) is 3.68. The number of fused-ring (bicyclic) bond motifs is 2. The minimum absolute atomic E-state index is 0.203. The second-order valence-corrected chi connectivity index (χ2v) is 6.74. The number of ether oxygens (including phenoxy) is 3. The average Bonchev–Trinajstić information content (AvgIpc) is 2.96. The number of hydrogen-bond donors (Lipinski definition) is 0. The number of allylic oxidation sites excluding steroid dienone is 1. The van der Waals surface area contributed by atoms with Gasteiger partial charge in [0, 0.05) is 18.9 Å². The van der Waals surface area contributed by atoms with Crippen molar-refractivity contribution in [3.05, 3.63) is 23.8 Å². The molecule has 0 saturated carbocycles. The van der Waals surface area contributed by atoms with Crippen LogP contribution in [0.15, 0.2) is 23.8 Å². The molecule has 120 valence electrons. The van der Waals surface area contributed by atoms with Crippen molar-refractivity contribution >= 4 is 11.9 Å². The van der Waals surface area contributed by atoms with Gasteiger partial charge in [-0.2, -0.15) is 0 Å². The summed E-state index contributed by atoms with van der Waals surface area (Å²) in [6, 6.07) is 0. The van der Waals surface area contributed by atoms with Crippen LogP contribution in [0.5, 0.6) is 0 Å². The summed E-state index contributed by atoms with van der Waals surface area (Å²) in [4.78, 5) is 23.4. The van der Waals surface area contributed by atoms with Gasteiger partial charge in [-0.05, 0) is 32.8 Å². The number of esters is 2. The molecule has 2 aliphatic heterocycles. The van der Waals surface area contributed by atoms with Crippen molar-refractivity contribution in [3.8, 4) is 0 Å². The Morgan fingerprint density at radius 1 is 1.50 bits per heavy atom. The lowest BCUT2D eigenvalue weighted by atomic mass is 9.83. The number of rotatable bonds is 1. The highest BCUT2D eigenvalue weighted by atomic mass is 16.6. The summed E-state index contributed by atoms with van der Waals surface area (Å²) in [5, 5.41) is 0. The predicted molar refractivity (Wildman–Crippen MR) is 79.0 cm³/mol. The maximum absolute atomic E-state index is 12.0. The van der Waals surface area contributed by atoms with E-state index in [2.05, 4.69) is 6.58 Å². The third-order valence-corrected chi connectivity index (χ3v) is 4.87. The van der Waals surface area contributed by atoms with Crippen molar-refractivity contribution < 1.29 is 23.8 Å². The van der Waals surface area contributed by atoms with E-state index in [9.17, 15) is 9.59 Å². The molecule has 0 aromatic rings. The zero-order chi connectivity index (χ0) is 16.1. The van der Waals surface area contributed by atoms with E-state index >= 15 is 0 Å². The predicted octanol–water partition coefficient (Wildman–Crippen LogP) is 2.30. The Kier molecular flexibility index (Phi) is 3.63. The zero-order valence-corrected chi connectivity index (χ0v) is 13.3. The van der Waals surface area contributed by atoms with E-state index in [0.29, 0.717) is 12.0 Å². The van der Waals surface area contributed by atoms with Gasteiger partial charge in [-0.3, -0.25) is 4.79 Å². The SMILES string of the molecule is C=C1C(=O)O[C@@H]2C[C@@]3(C)O[C@H]3CC/C(C)=C/[C@H](OC(C)=O)[C@@H]12. The van der Waals surface area contributed by atoms with E-state index in [1.807, 2.05) is 19.9 Å². The lowest BCUT2D eigenvalue weighted by molar-refractivity contribution is -0.147. The first-order valence-corrected chi connectivity index (χ1v) is 7.72. The summed E-state index contributed by atoms with van der Waals surface area (Å²) >= 11 is 0. The maximum atomic E-state index is 12.0. The topological polar surface area (TPSA) is 65.1 Å². The van der Waals surface area contributed by atoms with Crippen LogP contribution >= 0.6 is 0 Å². The summed E-state index contributed by atoms with van der Waals surface area (Å²) in [5.41, 5.74) is 1.24. The highest BCUT2D eigenvalue weighted by Gasteiger charge is 2.57. The Bertz CT molecular complexity index is 563. The summed E-state index contributed by atoms with van der Waals surface area (Å²) < 4.78 is 16.8. The first-order valence-electron chi connectivity index (χ1n) is 7.72. The Labute approximate surface area is 130 Å². The van der Waals surface area contributed by atoms with Crippen LogP contribution < -0.4 is 0 Å². The molecule has 0 bridgehead atoms. The first kappa shape index (κ1) is 15.3. The molecular formula is C17H22O5. The van der Waals surface area contributed by atoms with E-state index < -0.39 is 12.1 Å². The first-order chi connectivity index (χ1) is 10.3. The van der Waals surface area contributed by atoms with Gasteiger partial charge in [-0.1, -0.05) is 12.2 Å². The molecule has 1 aliphatic carbocycles. The van der Waals surface area contributed by atoms with Crippen LogP contribution in [0.1, 0.15) is 40.0 Å². The fraction of sp³-hybridized carbons (Fsp3) is 0.647. The largest absolute Gasteiger partial charge is 0.458 e. The molecule has 22 heavy (non-hydrogen) atoms. The van der Waals surface area contributed by atoms with Crippen LogP contribution in [0, 0.1) is 5.92 Å². The van der Waals surface area contributed by atoms with Gasteiger partial charge in [0.1, 0.15) is 12.2 Å². The minimum Gasteiger partial charge on any atom is -0.458 e. The molecule has 0 unspecified atom stereocenters. The fourth-order valence-electron chi connectivity index (χ4n) is 3.58. The summed E-state index contributed by atoms with van der Waals surface area (Å²) in [5.74, 6) is -1.12. The second kappa shape index (κ2) is 5.23. The van der Waals surface area contributed by atoms with E-state index in [1.165, 1.54) is 6.92 Å². The van der Waals surface area contributed by atoms with Crippen molar-refractivity contribution in [2.75, 3.05) is 0 Å². The molecule has 5 heteroatoms. The van der Waals surface area contributed by atoms with Gasteiger partial charge in [0.25, 0.3) is 0 Å². The van der Waals surface area contributed by atoms with Gasteiger partial charge in [-0.15, -0.1) is 0 Å². The second-order valence-electron chi connectivity index (χ2n) is 6.74. The lowest BCUT2D eigenvalue weighted by Gasteiger charge is -2.27. The van der Waals surface area contributed by atoms with Crippen LogP contribution in [0.2, 0.25) is 0 Å². The molecule has 2 saturated heterocycles. The average molecular weight is 306 g/mol. The van der Waals surface area contributed by atoms with Crippen LogP contribution in [0.3, 0.4) is 0 Å². The third kappa shape index (κ3) is 2.70. The molecule has 5 nitrogen and oxygen atoms in total. The quantitative estimate of drug-likeness (QED) is 0.322. The fourth-order valence-corrected chi connectivity index (χ4v) is 3.58. The molecule has 3 aliphatic rings. The van der Waals surface area contributed by atoms with Crippen molar-refractivity contribution in [2.45, 2.75) is 63.9 Å². The highest BCUT2D eigenvalue weighted by molar-refractivity contribution is 5.91. The van der Waals surface area contributed by atoms with Gasteiger partial charge in [-0.25, -0.2) is 4.79 Å². The Hall–Kier alpha value is -1.62. The lowest BCUT2D eigenvalue weighted by Crippen LogP contribution is -2.35. The Balaban J connectivity index is 1.95. The van der Waals surface area contributed by atoms with Gasteiger partial charge in [0.2, 0.25) is 0 Å². The molecule has 2 heterocycles. The Morgan fingerprint density at radius 2 is 2.23 bits per heavy atom. The van der Waals surface area contributed by atoms with Gasteiger partial charge >= 0.3 is 11.9 Å². The number of carbonyl (C=O) groups excluding carboxylic acids is 2. The van der Waals surface area contributed by atoms with Crippen molar-refractivity contribution in [3.63, 3.8) is 0 Å². The summed E-state index contributed by atoms with van der Waals surface area (Å²) in [7, 11) is 0. The van der Waals surface area contributed by atoms with Gasteiger partial charge in [0.05, 0.1) is 17.6 Å². The van der Waals surface area contributed by atoms with E-state index in [4.69, 9.17) is 14.2 Å². The standard InChI is InChI=1S/C17H22O5/c1-9-5-6-14-17(4,22-14)8-13-15(10(2)16(19)21-13)12(7-9)20-11(3)18/h7,12-15H,2,5-6,8H2,1,3-4H3/b9-7+/t12-,13+,14-,15+,17+/m0/s1. The normalized spacial score (nSPS) is 43.3. The zero-order valence-electron chi connectivity index (χ0n) is 13.3. The highest BCUT2D eigenvalue weighted by Crippen LogP contribution is 2.48. The van der Waals surface area contributed by atoms with Crippen molar-refractivity contribution in [1.29, 1.82) is 0 Å². The van der Waals surface area contributed by atoms with Crippen molar-refractivity contribution in [1.82, 2.24) is 0 Å². The van der Waals surface area contributed by atoms with Crippen LogP contribution in [-0.4, -0.2) is 35.9 Å². The molecule has 0 N–H and O–H groups in total. The van der Waals surface area contributed by atoms with Crippen molar-refractivity contribution in [2.24, 2.45) is 5.92 Å². The molecule has 0 amide bonds. The molecule has 2 fully saturated rings. The smallest absolute Gasteiger partial charge is 0.334 e. The van der Waals surface area contributed by atoms with E-state index in [-0.39, 0.29) is 29.7 Å². The van der Waals surface area contributed by atoms with Crippen LogP contribution in [0.4, 0.5) is 0 Å². The van der Waals surface area contributed by atoms with Crippen LogP contribution in [-0.2, 0) is 23.8 Å². The molecule has 0 aromatic heterocycles. The number of epoxide rings is 1. The molecule has 0 aromatic carbocycles. The van der Waals surface area contributed by atoms with E-state index in [0.717, 1.165) is 18.4 Å². The molecule has 5 atom stereocenters. The van der Waals surface area contributed by atoms with E-state index in [1.54, 1.807) is 0 Å². The number of carbonyl (C=O) groups is 2. The number of hydrogen-bond acceptors (Lipinski definition) is 5. The minimum atomic E-state index is -0.514. The van der Waals surface area contributed by atoms with Gasteiger partial charge in [0.15, 0.2) is 0 Å². The summed E-state index contributed by atoms with van der Waals surface area (Å²) in [6.45, 7) is 9.28. The van der Waals surface area contributed by atoms with Crippen LogP contribution in [0.25, 0.3) is 0 Å². The monoisotopic (exact) mass is 306 g/mol. The Morgan fingerprint density at radius 3 is 2.91 bits per heavy atom. The molecule has 0 spiro atoms. The maximum Gasteiger partial charge on any atom is 0.334 e. The molecular weight excluding hydrogens is 284 g/mol. The molecule has 3 rings (SSSR count). The molecule has 0 radical (unpaired) electrons. The van der Waals surface area contributed by atoms with Gasteiger partial charge < -0.3 is 14.2 Å². The third-order valence-electron chi connectivity index (χ3n) is 4.87.